The smallest absolute Gasteiger partial charge is 0.0992 e. The number of aliphatic hydroxyl groups is 1. The minimum absolute atomic E-state index is 0.559. The Balaban J connectivity index is 2.73. The summed E-state index contributed by atoms with van der Waals surface area (Å²) in [6, 6.07) is 7.31. The number of hydrogen-bond donors (Lipinski definition) is 1. The van der Waals surface area contributed by atoms with Crippen molar-refractivity contribution in [2.24, 2.45) is 0 Å². The fraction of sp³-hybridized carbons (Fsp3) is 0.462. The van der Waals surface area contributed by atoms with Crippen LogP contribution in [0.4, 0.5) is 0 Å². The van der Waals surface area contributed by atoms with Gasteiger partial charge in [0.25, 0.3) is 0 Å². The molecular weight excluding hydrogens is 236 g/mol. The lowest BCUT2D eigenvalue weighted by molar-refractivity contribution is 0.0425. The van der Waals surface area contributed by atoms with E-state index in [-0.39, 0.29) is 0 Å². The molecule has 1 aromatic rings. The zero-order chi connectivity index (χ0) is 13.1. The van der Waals surface area contributed by atoms with Crippen LogP contribution in [0.25, 0.3) is 0 Å². The number of rotatable bonds is 4. The van der Waals surface area contributed by atoms with Gasteiger partial charge in [-0.05, 0) is 38.6 Å². The molecule has 1 N–H and O–H groups in total. The highest BCUT2D eigenvalue weighted by Gasteiger charge is 2.16. The minimum Gasteiger partial charge on any atom is -0.389 e. The maximum absolute atomic E-state index is 9.70. The van der Waals surface area contributed by atoms with E-state index < -0.39 is 5.60 Å². The van der Waals surface area contributed by atoms with E-state index >= 15 is 0 Å². The number of hydrogen-bond acceptors (Lipinski definition) is 3. The van der Waals surface area contributed by atoms with Gasteiger partial charge in [-0.2, -0.15) is 5.26 Å². The Labute approximate surface area is 107 Å². The topological polar surface area (TPSA) is 47.3 Å². The van der Waals surface area contributed by atoms with Crippen LogP contribution in [0.3, 0.4) is 0 Å². The van der Waals surface area contributed by atoms with E-state index in [2.05, 4.69) is 0 Å². The summed E-state index contributed by atoms with van der Waals surface area (Å²) in [6.45, 7) is 4.74. The SMILES string of the molecule is CN(Cc1ccc(C#N)cc1Cl)CC(C)(C)O. The highest BCUT2D eigenvalue weighted by atomic mass is 35.5. The van der Waals surface area contributed by atoms with Gasteiger partial charge in [0.1, 0.15) is 0 Å². The molecule has 0 aliphatic rings. The van der Waals surface area contributed by atoms with Gasteiger partial charge < -0.3 is 5.11 Å². The molecule has 0 amide bonds. The largest absolute Gasteiger partial charge is 0.389 e. The Morgan fingerprint density at radius 1 is 1.47 bits per heavy atom. The van der Waals surface area contributed by atoms with E-state index in [1.54, 1.807) is 26.0 Å². The average Bonchev–Trinajstić information content (AvgIpc) is 2.18. The summed E-state index contributed by atoms with van der Waals surface area (Å²) in [7, 11) is 1.92. The third kappa shape index (κ3) is 4.74. The molecule has 0 atom stereocenters. The molecular formula is C13H17ClN2O. The van der Waals surface area contributed by atoms with Crippen molar-refractivity contribution in [3.8, 4) is 6.07 Å². The van der Waals surface area contributed by atoms with E-state index in [1.165, 1.54) is 0 Å². The second-order valence-electron chi connectivity index (χ2n) is 4.90. The summed E-state index contributed by atoms with van der Waals surface area (Å²) in [6.07, 6.45) is 0. The maximum atomic E-state index is 9.70. The number of nitriles is 1. The van der Waals surface area contributed by atoms with Crippen molar-refractivity contribution >= 4 is 11.6 Å². The molecule has 4 heteroatoms. The number of benzene rings is 1. The van der Waals surface area contributed by atoms with Crippen LogP contribution in [0, 0.1) is 11.3 Å². The molecule has 0 saturated carbocycles. The van der Waals surface area contributed by atoms with E-state index in [0.717, 1.165) is 5.56 Å². The molecule has 0 heterocycles. The van der Waals surface area contributed by atoms with Crippen molar-refractivity contribution in [1.29, 1.82) is 5.26 Å². The second kappa shape index (κ2) is 5.50. The van der Waals surface area contributed by atoms with Crippen molar-refractivity contribution in [3.05, 3.63) is 34.3 Å². The van der Waals surface area contributed by atoms with Gasteiger partial charge in [-0.25, -0.2) is 0 Å². The first kappa shape index (κ1) is 14.0. The van der Waals surface area contributed by atoms with Crippen molar-refractivity contribution in [2.75, 3.05) is 13.6 Å². The van der Waals surface area contributed by atoms with Crippen LogP contribution in [-0.2, 0) is 6.54 Å². The molecule has 0 spiro atoms. The predicted octanol–water partition coefficient (Wildman–Crippen LogP) is 2.41. The Morgan fingerprint density at radius 2 is 2.12 bits per heavy atom. The fourth-order valence-corrected chi connectivity index (χ4v) is 1.99. The molecule has 17 heavy (non-hydrogen) atoms. The molecule has 92 valence electrons. The van der Waals surface area contributed by atoms with Gasteiger partial charge in [-0.15, -0.1) is 0 Å². The molecule has 0 aliphatic carbocycles. The highest BCUT2D eigenvalue weighted by molar-refractivity contribution is 6.31. The van der Waals surface area contributed by atoms with E-state index in [4.69, 9.17) is 16.9 Å². The molecule has 0 aromatic heterocycles. The molecule has 1 aromatic carbocycles. The van der Waals surface area contributed by atoms with E-state index in [1.807, 2.05) is 24.1 Å². The zero-order valence-corrected chi connectivity index (χ0v) is 11.1. The third-order valence-corrected chi connectivity index (χ3v) is 2.63. The molecule has 0 bridgehead atoms. The van der Waals surface area contributed by atoms with Crippen LogP contribution in [-0.4, -0.2) is 29.2 Å². The van der Waals surface area contributed by atoms with E-state index in [0.29, 0.717) is 23.7 Å². The van der Waals surface area contributed by atoms with Crippen LogP contribution in [0.5, 0.6) is 0 Å². The summed E-state index contributed by atoms with van der Waals surface area (Å²) >= 11 is 6.08. The number of halogens is 1. The lowest BCUT2D eigenvalue weighted by Crippen LogP contribution is -2.35. The molecule has 0 fully saturated rings. The Hall–Kier alpha value is -1.08. The zero-order valence-electron chi connectivity index (χ0n) is 10.4. The van der Waals surface area contributed by atoms with E-state index in [9.17, 15) is 5.11 Å². The van der Waals surface area contributed by atoms with Gasteiger partial charge in [0.15, 0.2) is 0 Å². The summed E-state index contributed by atoms with van der Waals surface area (Å²) in [5.74, 6) is 0. The third-order valence-electron chi connectivity index (χ3n) is 2.28. The summed E-state index contributed by atoms with van der Waals surface area (Å²) in [5, 5.41) is 19.0. The highest BCUT2D eigenvalue weighted by Crippen LogP contribution is 2.19. The maximum Gasteiger partial charge on any atom is 0.0992 e. The van der Waals surface area contributed by atoms with Crippen LogP contribution >= 0.6 is 11.6 Å². The van der Waals surface area contributed by atoms with Gasteiger partial charge in [0.2, 0.25) is 0 Å². The number of likely N-dealkylation sites (N-methyl/N-ethyl adjacent to an activating group) is 1. The van der Waals surface area contributed by atoms with Crippen LogP contribution in [0.2, 0.25) is 5.02 Å². The summed E-state index contributed by atoms with van der Waals surface area (Å²) in [5.41, 5.74) is 0.787. The molecule has 0 radical (unpaired) electrons. The number of nitrogens with zero attached hydrogens (tertiary/aromatic N) is 2. The van der Waals surface area contributed by atoms with Gasteiger partial charge in [-0.3, -0.25) is 4.90 Å². The average molecular weight is 253 g/mol. The van der Waals surface area contributed by atoms with Gasteiger partial charge in [0.05, 0.1) is 17.2 Å². The van der Waals surface area contributed by atoms with Crippen LogP contribution in [0.1, 0.15) is 25.0 Å². The Kier molecular flexibility index (Phi) is 4.53. The van der Waals surface area contributed by atoms with Crippen LogP contribution < -0.4 is 0 Å². The second-order valence-corrected chi connectivity index (χ2v) is 5.31. The summed E-state index contributed by atoms with van der Waals surface area (Å²) in [4.78, 5) is 1.99. The standard InChI is InChI=1S/C13H17ClN2O/c1-13(2,17)9-16(3)8-11-5-4-10(7-15)6-12(11)14/h4-6,17H,8-9H2,1-3H3. The molecule has 3 nitrogen and oxygen atoms in total. The quantitative estimate of drug-likeness (QED) is 0.895. The van der Waals surface area contributed by atoms with Gasteiger partial charge >= 0.3 is 0 Å². The molecule has 0 unspecified atom stereocenters. The van der Waals surface area contributed by atoms with Crippen molar-refractivity contribution in [1.82, 2.24) is 4.90 Å². The molecule has 0 aliphatic heterocycles. The molecule has 0 saturated heterocycles. The Bertz CT molecular complexity index is 432. The minimum atomic E-state index is -0.728. The lowest BCUT2D eigenvalue weighted by Gasteiger charge is -2.25. The first-order chi connectivity index (χ1) is 7.81. The van der Waals surface area contributed by atoms with Crippen molar-refractivity contribution in [2.45, 2.75) is 26.0 Å². The van der Waals surface area contributed by atoms with Crippen molar-refractivity contribution < 1.29 is 5.11 Å². The van der Waals surface area contributed by atoms with Crippen LogP contribution in [0.15, 0.2) is 18.2 Å². The first-order valence-corrected chi connectivity index (χ1v) is 5.79. The fourth-order valence-electron chi connectivity index (χ4n) is 1.75. The molecule has 1 rings (SSSR count). The normalized spacial score (nSPS) is 11.6. The van der Waals surface area contributed by atoms with Crippen molar-refractivity contribution in [3.63, 3.8) is 0 Å². The Morgan fingerprint density at radius 3 is 2.59 bits per heavy atom. The van der Waals surface area contributed by atoms with Gasteiger partial charge in [-0.1, -0.05) is 17.7 Å². The predicted molar refractivity (Wildman–Crippen MR) is 68.8 cm³/mol. The summed E-state index contributed by atoms with van der Waals surface area (Å²) < 4.78 is 0. The monoisotopic (exact) mass is 252 g/mol. The lowest BCUT2D eigenvalue weighted by atomic mass is 10.1. The van der Waals surface area contributed by atoms with Gasteiger partial charge in [0, 0.05) is 18.1 Å². The first-order valence-electron chi connectivity index (χ1n) is 5.41.